The monoisotopic (exact) mass is 444 g/mol. The molecule has 2 aromatic carbocycles. The number of amides is 1. The van der Waals surface area contributed by atoms with E-state index in [0.29, 0.717) is 15.8 Å². The number of carboxylic acid groups (broad SMARTS) is 1. The molecular formula is C22H21ClN2O4S. The lowest BCUT2D eigenvalue weighted by atomic mass is 10.1. The number of nitrogens with zero attached hydrogens (tertiary/aromatic N) is 1. The second-order valence-electron chi connectivity index (χ2n) is 6.92. The average molecular weight is 445 g/mol. The number of ether oxygens (including phenoxy) is 1. The van der Waals surface area contributed by atoms with Gasteiger partial charge in [0.15, 0.2) is 0 Å². The molecule has 0 aliphatic carbocycles. The molecule has 0 radical (unpaired) electrons. The number of hydrogen-bond donors (Lipinski definition) is 2. The van der Waals surface area contributed by atoms with Crippen molar-refractivity contribution >= 4 is 51.6 Å². The smallest absolute Gasteiger partial charge is 0.322 e. The normalized spacial score (nSPS) is 10.8. The molecule has 0 fully saturated rings. The van der Waals surface area contributed by atoms with E-state index in [-0.39, 0.29) is 6.42 Å². The van der Waals surface area contributed by atoms with Crippen molar-refractivity contribution in [3.63, 3.8) is 0 Å². The number of carboxylic acids is 1. The summed E-state index contributed by atoms with van der Waals surface area (Å²) in [7, 11) is 1.52. The summed E-state index contributed by atoms with van der Waals surface area (Å²) in [5.74, 6) is -1.01. The van der Waals surface area contributed by atoms with Crippen molar-refractivity contribution in [3.05, 3.63) is 63.8 Å². The zero-order valence-corrected chi connectivity index (χ0v) is 18.4. The van der Waals surface area contributed by atoms with Crippen LogP contribution in [0, 0.1) is 13.8 Å². The van der Waals surface area contributed by atoms with Crippen LogP contribution in [0.5, 0.6) is 5.75 Å². The van der Waals surface area contributed by atoms with E-state index in [1.807, 2.05) is 42.7 Å². The largest absolute Gasteiger partial charge is 0.495 e. The first-order valence-electron chi connectivity index (χ1n) is 9.20. The summed E-state index contributed by atoms with van der Waals surface area (Å²) in [6, 6.07) is 11.4. The van der Waals surface area contributed by atoms with E-state index in [2.05, 4.69) is 5.32 Å². The second kappa shape index (κ2) is 8.85. The molecular weight excluding hydrogens is 424 g/mol. The quantitative estimate of drug-likeness (QED) is 0.564. The molecule has 3 rings (SSSR count). The molecule has 30 heavy (non-hydrogen) atoms. The Morgan fingerprint density at radius 1 is 1.20 bits per heavy atom. The minimum atomic E-state index is -1.10. The van der Waals surface area contributed by atoms with Gasteiger partial charge in [0.2, 0.25) is 5.91 Å². The Bertz CT molecular complexity index is 1150. The van der Waals surface area contributed by atoms with Gasteiger partial charge in [-0.1, -0.05) is 53.6 Å². The number of nitrogens with one attached hydrogen (secondary N) is 1. The number of aliphatic carboxylic acids is 1. The fraction of sp³-hybridized carbons (Fsp3) is 0.227. The summed E-state index contributed by atoms with van der Waals surface area (Å²) in [6.07, 6.45) is 0.00388. The molecule has 3 aromatic rings. The molecule has 0 spiro atoms. The minimum Gasteiger partial charge on any atom is -0.495 e. The molecule has 0 unspecified atom stereocenters. The van der Waals surface area contributed by atoms with Crippen molar-refractivity contribution in [1.29, 1.82) is 0 Å². The van der Waals surface area contributed by atoms with Crippen LogP contribution < -0.4 is 10.1 Å². The van der Waals surface area contributed by atoms with Gasteiger partial charge in [-0.2, -0.15) is 0 Å². The maximum Gasteiger partial charge on any atom is 0.322 e. The summed E-state index contributed by atoms with van der Waals surface area (Å²) in [4.78, 5) is 23.7. The van der Waals surface area contributed by atoms with Crippen molar-refractivity contribution in [2.24, 2.45) is 0 Å². The number of aryl methyl sites for hydroxylation is 1. The number of halogens is 1. The zero-order chi connectivity index (χ0) is 22.0. The van der Waals surface area contributed by atoms with Crippen molar-refractivity contribution in [2.45, 2.75) is 20.3 Å². The first-order chi connectivity index (χ1) is 14.2. The van der Waals surface area contributed by atoms with Gasteiger partial charge in [0, 0.05) is 16.6 Å². The summed E-state index contributed by atoms with van der Waals surface area (Å²) in [5, 5.41) is 12.4. The van der Waals surface area contributed by atoms with Crippen LogP contribution in [0.1, 0.15) is 22.4 Å². The van der Waals surface area contributed by atoms with Crippen LogP contribution in [0.25, 0.3) is 10.9 Å². The van der Waals surface area contributed by atoms with Crippen molar-refractivity contribution in [2.75, 3.05) is 13.7 Å². The van der Waals surface area contributed by atoms with Gasteiger partial charge in [-0.15, -0.1) is 0 Å². The lowest BCUT2D eigenvalue weighted by Crippen LogP contribution is -2.30. The highest BCUT2D eigenvalue weighted by Gasteiger charge is 2.21. The highest BCUT2D eigenvalue weighted by molar-refractivity contribution is 7.80. The van der Waals surface area contributed by atoms with Crippen molar-refractivity contribution < 1.29 is 19.4 Å². The third-order valence-corrected chi connectivity index (χ3v) is 5.60. The molecule has 6 nitrogen and oxygen atoms in total. The van der Waals surface area contributed by atoms with Crippen molar-refractivity contribution in [3.8, 4) is 5.75 Å². The molecule has 1 heterocycles. The number of aromatic nitrogens is 1. The fourth-order valence-electron chi connectivity index (χ4n) is 3.34. The lowest BCUT2D eigenvalue weighted by molar-refractivity contribution is -0.137. The number of carbonyl (C=O) groups excluding carboxylic acids is 1. The molecule has 0 saturated carbocycles. The molecule has 0 bridgehead atoms. The first-order valence-corrected chi connectivity index (χ1v) is 9.98. The van der Waals surface area contributed by atoms with Gasteiger partial charge >= 0.3 is 5.97 Å². The lowest BCUT2D eigenvalue weighted by Gasteiger charge is -2.12. The predicted octanol–water partition coefficient (Wildman–Crippen LogP) is 3.89. The summed E-state index contributed by atoms with van der Waals surface area (Å²) < 4.78 is 7.24. The topological polar surface area (TPSA) is 80.6 Å². The molecule has 8 heteroatoms. The SMILES string of the molecule is COc1cc2c(CC(=O)NCC(=O)O)c(C)n(C(=S)c3ccc(C)cc3)c2cc1Cl. The van der Waals surface area contributed by atoms with E-state index in [9.17, 15) is 9.59 Å². The maximum atomic E-state index is 12.3. The Morgan fingerprint density at radius 3 is 2.47 bits per heavy atom. The number of rotatable bonds is 6. The number of thiocarbonyl (C=S) groups is 1. The van der Waals surface area contributed by atoms with Crippen molar-refractivity contribution in [1.82, 2.24) is 9.88 Å². The fourth-order valence-corrected chi connectivity index (χ4v) is 3.95. The van der Waals surface area contributed by atoms with Crippen LogP contribution in [0.4, 0.5) is 0 Å². The Morgan fingerprint density at radius 2 is 1.87 bits per heavy atom. The molecule has 1 amide bonds. The van der Waals surface area contributed by atoms with Gasteiger partial charge in [-0.05, 0) is 31.5 Å². The van der Waals surface area contributed by atoms with E-state index in [1.54, 1.807) is 12.1 Å². The summed E-state index contributed by atoms with van der Waals surface area (Å²) >= 11 is 12.1. The van der Waals surface area contributed by atoms with E-state index in [0.717, 1.165) is 33.3 Å². The number of fused-ring (bicyclic) bond motifs is 1. The molecule has 1 aromatic heterocycles. The number of hydrogen-bond acceptors (Lipinski definition) is 4. The first kappa shape index (κ1) is 21.8. The van der Waals surface area contributed by atoms with Gasteiger partial charge in [0.1, 0.15) is 17.3 Å². The summed E-state index contributed by atoms with van der Waals surface area (Å²) in [6.45, 7) is 3.44. The van der Waals surface area contributed by atoms with Crippen LogP contribution in [0.3, 0.4) is 0 Å². The van der Waals surface area contributed by atoms with E-state index in [1.165, 1.54) is 7.11 Å². The highest BCUT2D eigenvalue weighted by Crippen LogP contribution is 2.35. The van der Waals surface area contributed by atoms with Gasteiger partial charge in [0.05, 0.1) is 24.1 Å². The van der Waals surface area contributed by atoms with Gasteiger partial charge in [0.25, 0.3) is 0 Å². The second-order valence-corrected chi connectivity index (χ2v) is 7.72. The van der Waals surface area contributed by atoms with Gasteiger partial charge < -0.3 is 19.7 Å². The third kappa shape index (κ3) is 4.32. The zero-order valence-electron chi connectivity index (χ0n) is 16.8. The van der Waals surface area contributed by atoms with Crippen LogP contribution >= 0.6 is 23.8 Å². The van der Waals surface area contributed by atoms with E-state index in [4.69, 9.17) is 33.7 Å². The number of carbonyl (C=O) groups is 2. The molecule has 0 aliphatic rings. The van der Waals surface area contributed by atoms with Crippen LogP contribution in [-0.4, -0.2) is 40.2 Å². The summed E-state index contributed by atoms with van der Waals surface area (Å²) in [5.41, 5.74) is 4.26. The van der Waals surface area contributed by atoms with Gasteiger partial charge in [-0.25, -0.2) is 0 Å². The third-order valence-electron chi connectivity index (χ3n) is 4.88. The van der Waals surface area contributed by atoms with E-state index < -0.39 is 18.4 Å². The van der Waals surface area contributed by atoms with Gasteiger partial charge in [-0.3, -0.25) is 9.59 Å². The highest BCUT2D eigenvalue weighted by atomic mass is 35.5. The molecule has 0 aliphatic heterocycles. The van der Waals surface area contributed by atoms with Crippen LogP contribution in [-0.2, 0) is 16.0 Å². The van der Waals surface area contributed by atoms with E-state index >= 15 is 0 Å². The Balaban J connectivity index is 2.14. The Hall–Kier alpha value is -2.90. The Labute approximate surface area is 184 Å². The van der Waals surface area contributed by atoms with Crippen LogP contribution in [0.15, 0.2) is 36.4 Å². The minimum absolute atomic E-state index is 0.00388. The molecule has 156 valence electrons. The average Bonchev–Trinajstić information content (AvgIpc) is 2.96. The molecule has 0 atom stereocenters. The standard InChI is InChI=1S/C22H21ClN2O4S/c1-12-4-6-14(7-5-12)22(30)25-13(2)15(9-20(26)24-11-21(27)28)16-8-19(29-3)17(23)10-18(16)25/h4-8,10H,9,11H2,1-3H3,(H,24,26)(H,27,28). The predicted molar refractivity (Wildman–Crippen MR) is 121 cm³/mol. The molecule has 0 saturated heterocycles. The number of methoxy groups -OCH3 is 1. The maximum absolute atomic E-state index is 12.3. The Kier molecular flexibility index (Phi) is 6.43. The van der Waals surface area contributed by atoms with Crippen LogP contribution in [0.2, 0.25) is 5.02 Å². The number of benzene rings is 2. The molecule has 2 N–H and O–H groups in total.